The molecule has 4 rings (SSSR count). The minimum absolute atomic E-state index is 0.188. The van der Waals surface area contributed by atoms with Crippen LogP contribution in [0.5, 0.6) is 0 Å². The first-order valence-electron chi connectivity index (χ1n) is 16.3. The zero-order valence-corrected chi connectivity index (χ0v) is 27.9. The molecule has 0 saturated heterocycles. The van der Waals surface area contributed by atoms with Gasteiger partial charge in [-0.3, -0.25) is 14.4 Å². The highest BCUT2D eigenvalue weighted by molar-refractivity contribution is 5.85. The molecule has 43 heavy (non-hydrogen) atoms. The summed E-state index contributed by atoms with van der Waals surface area (Å²) in [5.74, 6) is -0.758. The van der Waals surface area contributed by atoms with E-state index in [9.17, 15) is 24.6 Å². The summed E-state index contributed by atoms with van der Waals surface area (Å²) in [6, 6.07) is 0. The Labute approximate surface area is 258 Å². The zero-order chi connectivity index (χ0) is 32.8. The van der Waals surface area contributed by atoms with Gasteiger partial charge in [0.25, 0.3) is 0 Å². The summed E-state index contributed by atoms with van der Waals surface area (Å²) in [7, 11) is 0. The summed E-state index contributed by atoms with van der Waals surface area (Å²) >= 11 is 0. The van der Waals surface area contributed by atoms with Crippen LogP contribution in [0.15, 0.2) is 11.1 Å². The van der Waals surface area contributed by atoms with Crippen molar-refractivity contribution in [1.29, 1.82) is 0 Å². The fraction of sp³-hybridized carbons (Fsp3) is 0.857. The van der Waals surface area contributed by atoms with Crippen LogP contribution >= 0.6 is 0 Å². The second-order valence-corrected chi connectivity index (χ2v) is 16.3. The molecule has 2 saturated carbocycles. The normalized spacial score (nSPS) is 34.3. The maximum Gasteiger partial charge on any atom is 0.306 e. The van der Waals surface area contributed by atoms with Crippen molar-refractivity contribution < 1.29 is 39.9 Å². The average molecular weight is 607 g/mol. The summed E-state index contributed by atoms with van der Waals surface area (Å²) in [6.45, 7) is 16.6. The third-order valence-corrected chi connectivity index (χ3v) is 12.6. The summed E-state index contributed by atoms with van der Waals surface area (Å²) < 4.78 is 0. The molecule has 0 bridgehead atoms. The van der Waals surface area contributed by atoms with Gasteiger partial charge in [-0.1, -0.05) is 52.2 Å². The second-order valence-electron chi connectivity index (χ2n) is 16.3. The number of carbonyl (C=O) groups excluding carboxylic acids is 1. The summed E-state index contributed by atoms with van der Waals surface area (Å²) in [6.07, 6.45) is 10.3. The van der Waals surface area contributed by atoms with Gasteiger partial charge in [0, 0.05) is 11.8 Å². The minimum atomic E-state index is -1.66. The highest BCUT2D eigenvalue weighted by Crippen LogP contribution is 2.71. The number of carboxylic acid groups (broad SMARTS) is 2. The van der Waals surface area contributed by atoms with Crippen LogP contribution in [0.25, 0.3) is 0 Å². The highest BCUT2D eigenvalue weighted by Gasteiger charge is 2.62. The molecule has 0 aromatic rings. The van der Waals surface area contributed by atoms with Crippen LogP contribution in [0.3, 0.4) is 0 Å². The Hall–Kier alpha value is -1.77. The number of aliphatic carboxylic acids is 2. The molecule has 8 nitrogen and oxygen atoms in total. The molecular formula is C35H58O8. The number of fused-ring (bicyclic) bond motifs is 4. The largest absolute Gasteiger partial charge is 0.481 e. The van der Waals surface area contributed by atoms with Crippen molar-refractivity contribution in [3.05, 3.63) is 11.1 Å². The molecule has 8 heteroatoms. The van der Waals surface area contributed by atoms with E-state index in [0.717, 1.165) is 25.7 Å². The Balaban J connectivity index is 0.000000393. The maximum absolute atomic E-state index is 12.8. The number of carbonyl (C=O) groups is 3. The van der Waals surface area contributed by atoms with E-state index in [1.165, 1.54) is 45.4 Å². The summed E-state index contributed by atoms with van der Waals surface area (Å²) in [4.78, 5) is 32.9. The lowest BCUT2D eigenvalue weighted by molar-refractivity contribution is -0.147. The van der Waals surface area contributed by atoms with Crippen LogP contribution in [0, 0.1) is 33.5 Å². The van der Waals surface area contributed by atoms with Crippen LogP contribution < -0.4 is 0 Å². The van der Waals surface area contributed by atoms with E-state index in [1.807, 2.05) is 0 Å². The van der Waals surface area contributed by atoms with Gasteiger partial charge in [-0.05, 0) is 107 Å². The fourth-order valence-electron chi connectivity index (χ4n) is 9.70. The molecule has 4 aliphatic carbocycles. The fourth-order valence-corrected chi connectivity index (χ4v) is 9.70. The van der Waals surface area contributed by atoms with Crippen molar-refractivity contribution >= 4 is 17.7 Å². The molecule has 3 unspecified atom stereocenters. The van der Waals surface area contributed by atoms with Crippen LogP contribution in [0.1, 0.15) is 139 Å². The molecular weight excluding hydrogens is 548 g/mol. The number of aliphatic hydroxyl groups excluding tert-OH is 1. The molecule has 4 aliphatic rings. The minimum Gasteiger partial charge on any atom is -0.481 e. The molecule has 246 valence electrons. The van der Waals surface area contributed by atoms with E-state index in [1.54, 1.807) is 25.0 Å². The van der Waals surface area contributed by atoms with Crippen molar-refractivity contribution in [3.8, 4) is 0 Å². The highest BCUT2D eigenvalue weighted by atomic mass is 16.4. The SMILES string of the molecule is CC(C)(O)C(O)CCCC1CC[C@@]2(C)C3=C(CC[C@]12C)[C@@]1(C)CCC(=O)C(C)(C)C1CC3.CC(O)(CC(=O)O)CC(=O)O. The topological polar surface area (TPSA) is 152 Å². The lowest BCUT2D eigenvalue weighted by Crippen LogP contribution is -2.53. The number of hydrogen-bond donors (Lipinski definition) is 5. The van der Waals surface area contributed by atoms with Crippen LogP contribution in [0.4, 0.5) is 0 Å². The molecule has 6 atom stereocenters. The van der Waals surface area contributed by atoms with Crippen molar-refractivity contribution in [3.63, 3.8) is 0 Å². The lowest BCUT2D eigenvalue weighted by Gasteiger charge is -2.60. The van der Waals surface area contributed by atoms with Crippen molar-refractivity contribution in [2.75, 3.05) is 0 Å². The predicted molar refractivity (Wildman–Crippen MR) is 165 cm³/mol. The van der Waals surface area contributed by atoms with E-state index in [0.29, 0.717) is 29.5 Å². The van der Waals surface area contributed by atoms with Gasteiger partial charge in [0.15, 0.2) is 0 Å². The van der Waals surface area contributed by atoms with Crippen LogP contribution in [-0.2, 0) is 14.4 Å². The number of aliphatic hydroxyl groups is 3. The summed E-state index contributed by atoms with van der Waals surface area (Å²) in [5, 5.41) is 45.9. The first-order chi connectivity index (χ1) is 19.5. The summed E-state index contributed by atoms with van der Waals surface area (Å²) in [5.41, 5.74) is 1.46. The van der Waals surface area contributed by atoms with Gasteiger partial charge in [-0.25, -0.2) is 0 Å². The lowest BCUT2D eigenvalue weighted by atomic mass is 9.43. The van der Waals surface area contributed by atoms with E-state index in [-0.39, 0.29) is 16.2 Å². The molecule has 0 aromatic carbocycles. The quantitative estimate of drug-likeness (QED) is 0.192. The molecule has 5 N–H and O–H groups in total. The third kappa shape index (κ3) is 6.91. The Morgan fingerprint density at radius 1 is 0.860 bits per heavy atom. The number of Topliss-reactive ketones (excluding diaryl/α,β-unsaturated/α-hetero) is 1. The monoisotopic (exact) mass is 606 g/mol. The smallest absolute Gasteiger partial charge is 0.306 e. The number of ketones is 1. The first kappa shape index (κ1) is 35.7. The number of hydrogen-bond acceptors (Lipinski definition) is 6. The maximum atomic E-state index is 12.8. The standard InChI is InChI=1S/C29H48O3.C6H10O5/c1-25(2)22-12-11-21-20(27(22,5)16-15-23(25)30)14-18-28(6)19(13-17-29(21,28)7)9-8-10-24(31)26(3,4)32;1-6(11,2-4(7)8)3-5(9)10/h19,22,24,31-32H,8-18H2,1-7H3;11H,2-3H2,1H3,(H,7,8)(H,9,10)/t19?,22?,24?,27-,28-,29+;/m1./s1. The molecule has 0 aromatic heterocycles. The average Bonchev–Trinajstić information content (AvgIpc) is 3.11. The zero-order valence-electron chi connectivity index (χ0n) is 27.9. The Bertz CT molecular complexity index is 1100. The first-order valence-corrected chi connectivity index (χ1v) is 16.3. The van der Waals surface area contributed by atoms with Crippen LogP contribution in [-0.4, -0.2) is 60.6 Å². The van der Waals surface area contributed by atoms with Gasteiger partial charge in [0.2, 0.25) is 0 Å². The number of allylic oxidation sites excluding steroid dienone is 2. The van der Waals surface area contributed by atoms with Crippen LogP contribution in [0.2, 0.25) is 0 Å². The molecule has 0 radical (unpaired) electrons. The van der Waals surface area contributed by atoms with Crippen molar-refractivity contribution in [2.45, 2.75) is 156 Å². The number of carboxylic acids is 2. The number of rotatable bonds is 9. The Morgan fingerprint density at radius 3 is 1.98 bits per heavy atom. The van der Waals surface area contributed by atoms with Gasteiger partial charge in [0.1, 0.15) is 5.78 Å². The van der Waals surface area contributed by atoms with Gasteiger partial charge in [-0.2, -0.15) is 0 Å². The van der Waals surface area contributed by atoms with Gasteiger partial charge in [0.05, 0.1) is 30.1 Å². The van der Waals surface area contributed by atoms with E-state index in [2.05, 4.69) is 34.6 Å². The van der Waals surface area contributed by atoms with Crippen molar-refractivity contribution in [2.24, 2.45) is 33.5 Å². The van der Waals surface area contributed by atoms with E-state index < -0.39 is 42.1 Å². The second kappa shape index (κ2) is 12.2. The van der Waals surface area contributed by atoms with E-state index >= 15 is 0 Å². The molecule has 0 aliphatic heterocycles. The van der Waals surface area contributed by atoms with Crippen molar-refractivity contribution in [1.82, 2.24) is 0 Å². The van der Waals surface area contributed by atoms with E-state index in [4.69, 9.17) is 15.3 Å². The molecule has 2 fully saturated rings. The molecule has 0 amide bonds. The molecule has 0 heterocycles. The Kier molecular flexibility index (Phi) is 10.1. The van der Waals surface area contributed by atoms with Gasteiger partial charge < -0.3 is 25.5 Å². The molecule has 0 spiro atoms. The predicted octanol–water partition coefficient (Wildman–Crippen LogP) is 6.29. The Morgan fingerprint density at radius 2 is 1.44 bits per heavy atom. The third-order valence-electron chi connectivity index (χ3n) is 12.6. The van der Waals surface area contributed by atoms with Gasteiger partial charge in [-0.15, -0.1) is 0 Å². The van der Waals surface area contributed by atoms with Gasteiger partial charge >= 0.3 is 11.9 Å².